The number of likely N-dealkylation sites (tertiary alicyclic amines) is 1. The molecule has 0 N–H and O–H groups in total. The Labute approximate surface area is 127 Å². The van der Waals surface area contributed by atoms with Crippen LogP contribution in [0, 0.1) is 5.82 Å². The molecular formula is C15H19BrFNO2. The molecule has 0 radical (unpaired) electrons. The van der Waals surface area contributed by atoms with Crippen LogP contribution >= 0.6 is 15.9 Å². The van der Waals surface area contributed by atoms with E-state index in [1.165, 1.54) is 6.07 Å². The van der Waals surface area contributed by atoms with Gasteiger partial charge in [0, 0.05) is 6.54 Å². The minimum absolute atomic E-state index is 0.104. The summed E-state index contributed by atoms with van der Waals surface area (Å²) in [5.74, 6) is -0.307. The van der Waals surface area contributed by atoms with Gasteiger partial charge in [0.15, 0.2) is 0 Å². The fraction of sp³-hybridized carbons (Fsp3) is 0.533. The lowest BCUT2D eigenvalue weighted by atomic mass is 10.0. The maximum atomic E-state index is 13.7. The van der Waals surface area contributed by atoms with Crippen LogP contribution in [-0.2, 0) is 4.74 Å². The molecule has 1 aromatic rings. The van der Waals surface area contributed by atoms with Gasteiger partial charge in [-0.2, -0.15) is 0 Å². The van der Waals surface area contributed by atoms with Crippen molar-refractivity contribution in [2.45, 2.75) is 45.3 Å². The minimum atomic E-state index is -0.519. The highest BCUT2D eigenvalue weighted by Gasteiger charge is 2.33. The van der Waals surface area contributed by atoms with Crippen molar-refractivity contribution in [3.8, 4) is 0 Å². The highest BCUT2D eigenvalue weighted by molar-refractivity contribution is 9.10. The molecule has 20 heavy (non-hydrogen) atoms. The summed E-state index contributed by atoms with van der Waals surface area (Å²) in [6.45, 7) is 6.18. The van der Waals surface area contributed by atoms with E-state index in [1.54, 1.807) is 11.0 Å². The van der Waals surface area contributed by atoms with Crippen molar-refractivity contribution in [2.75, 3.05) is 6.54 Å². The third kappa shape index (κ3) is 3.51. The van der Waals surface area contributed by atoms with Crippen molar-refractivity contribution >= 4 is 22.0 Å². The first-order valence-corrected chi connectivity index (χ1v) is 7.52. The normalized spacial score (nSPS) is 19.2. The summed E-state index contributed by atoms with van der Waals surface area (Å²) >= 11 is 3.14. The van der Waals surface area contributed by atoms with Gasteiger partial charge in [-0.3, -0.25) is 0 Å². The van der Waals surface area contributed by atoms with Crippen molar-refractivity contribution in [2.24, 2.45) is 0 Å². The van der Waals surface area contributed by atoms with Gasteiger partial charge in [-0.15, -0.1) is 0 Å². The molecule has 0 saturated carbocycles. The number of ether oxygens (including phenoxy) is 1. The Morgan fingerprint density at radius 3 is 2.75 bits per heavy atom. The van der Waals surface area contributed by atoms with Crippen molar-refractivity contribution in [3.63, 3.8) is 0 Å². The molecule has 3 nitrogen and oxygen atoms in total. The molecule has 1 heterocycles. The molecule has 110 valence electrons. The van der Waals surface area contributed by atoms with Gasteiger partial charge in [-0.05, 0) is 67.2 Å². The molecule has 0 bridgehead atoms. The van der Waals surface area contributed by atoms with Crippen LogP contribution in [0.25, 0.3) is 0 Å². The first-order chi connectivity index (χ1) is 9.28. The summed E-state index contributed by atoms with van der Waals surface area (Å²) < 4.78 is 19.5. The topological polar surface area (TPSA) is 29.5 Å². The Morgan fingerprint density at radius 1 is 1.45 bits per heavy atom. The van der Waals surface area contributed by atoms with Crippen molar-refractivity contribution in [1.29, 1.82) is 0 Å². The SMILES string of the molecule is CC(C)(C)OC(=O)N1CCCC1c1ccc(Br)c(F)c1. The number of carbonyl (C=O) groups excluding carboxylic acids is 1. The number of hydrogen-bond donors (Lipinski definition) is 0. The van der Waals surface area contributed by atoms with Gasteiger partial charge in [-0.25, -0.2) is 9.18 Å². The van der Waals surface area contributed by atoms with Gasteiger partial charge in [0.25, 0.3) is 0 Å². The van der Waals surface area contributed by atoms with Gasteiger partial charge in [0.05, 0.1) is 10.5 Å². The largest absolute Gasteiger partial charge is 0.444 e. The summed E-state index contributed by atoms with van der Waals surface area (Å²) in [6.07, 6.45) is 1.41. The molecule has 1 aliphatic rings. The lowest BCUT2D eigenvalue weighted by Crippen LogP contribution is -2.36. The number of carbonyl (C=O) groups is 1. The number of rotatable bonds is 1. The van der Waals surface area contributed by atoms with Crippen LogP contribution in [-0.4, -0.2) is 23.1 Å². The zero-order valence-corrected chi connectivity index (χ0v) is 13.5. The Kier molecular flexibility index (Phi) is 4.37. The summed E-state index contributed by atoms with van der Waals surface area (Å²) in [5.41, 5.74) is 0.295. The molecule has 2 rings (SSSR count). The van der Waals surface area contributed by atoms with E-state index < -0.39 is 5.60 Å². The molecule has 1 saturated heterocycles. The fourth-order valence-corrected chi connectivity index (χ4v) is 2.62. The predicted molar refractivity (Wildman–Crippen MR) is 79.0 cm³/mol. The van der Waals surface area contributed by atoms with E-state index in [2.05, 4.69) is 15.9 Å². The average Bonchev–Trinajstić information content (AvgIpc) is 2.79. The number of halogens is 2. The van der Waals surface area contributed by atoms with E-state index in [0.29, 0.717) is 11.0 Å². The zero-order valence-electron chi connectivity index (χ0n) is 12.0. The standard InChI is InChI=1S/C15H19BrFNO2/c1-15(2,3)20-14(19)18-8-4-5-13(18)10-6-7-11(16)12(17)9-10/h6-7,9,13H,4-5,8H2,1-3H3. The predicted octanol–water partition coefficient (Wildman–Crippen LogP) is 4.66. The third-order valence-corrected chi connectivity index (χ3v) is 3.85. The maximum Gasteiger partial charge on any atom is 0.410 e. The van der Waals surface area contributed by atoms with Gasteiger partial charge < -0.3 is 9.64 Å². The zero-order chi connectivity index (χ0) is 14.9. The summed E-state index contributed by atoms with van der Waals surface area (Å²) in [6, 6.07) is 4.90. The number of nitrogens with zero attached hydrogens (tertiary/aromatic N) is 1. The molecule has 0 aliphatic carbocycles. The monoisotopic (exact) mass is 343 g/mol. The van der Waals surface area contributed by atoms with E-state index in [9.17, 15) is 9.18 Å². The highest BCUT2D eigenvalue weighted by atomic mass is 79.9. The third-order valence-electron chi connectivity index (χ3n) is 3.21. The smallest absolute Gasteiger partial charge is 0.410 e. The van der Waals surface area contributed by atoms with Gasteiger partial charge in [-0.1, -0.05) is 6.07 Å². The van der Waals surface area contributed by atoms with Crippen molar-refractivity contribution in [3.05, 3.63) is 34.1 Å². The second-order valence-corrected chi connectivity index (χ2v) is 6.86. The van der Waals surface area contributed by atoms with Crippen LogP contribution in [0.15, 0.2) is 22.7 Å². The molecule has 1 unspecified atom stereocenters. The molecule has 1 aliphatic heterocycles. The molecule has 1 aromatic carbocycles. The van der Waals surface area contributed by atoms with Crippen molar-refractivity contribution in [1.82, 2.24) is 4.90 Å². The first kappa shape index (κ1) is 15.3. The quantitative estimate of drug-likeness (QED) is 0.742. The van der Waals surface area contributed by atoms with Crippen molar-refractivity contribution < 1.29 is 13.9 Å². The molecular weight excluding hydrogens is 325 g/mol. The summed E-state index contributed by atoms with van der Waals surface area (Å²) in [5, 5.41) is 0. The maximum absolute atomic E-state index is 13.7. The molecule has 1 atom stereocenters. The van der Waals surface area contributed by atoms with E-state index in [4.69, 9.17) is 4.74 Å². The molecule has 0 aromatic heterocycles. The van der Waals surface area contributed by atoms with Crippen LogP contribution in [0.1, 0.15) is 45.2 Å². The lowest BCUT2D eigenvalue weighted by Gasteiger charge is -2.28. The summed E-state index contributed by atoms with van der Waals surface area (Å²) in [7, 11) is 0. The number of amides is 1. The fourth-order valence-electron chi connectivity index (χ4n) is 2.37. The molecule has 1 fully saturated rings. The lowest BCUT2D eigenvalue weighted by molar-refractivity contribution is 0.0224. The second-order valence-electron chi connectivity index (χ2n) is 6.01. The minimum Gasteiger partial charge on any atom is -0.444 e. The van der Waals surface area contributed by atoms with E-state index in [0.717, 1.165) is 18.4 Å². The Morgan fingerprint density at radius 2 is 2.15 bits per heavy atom. The van der Waals surface area contributed by atoms with Crippen LogP contribution in [0.3, 0.4) is 0 Å². The van der Waals surface area contributed by atoms with Gasteiger partial charge in [0.2, 0.25) is 0 Å². The van der Waals surface area contributed by atoms with Gasteiger partial charge in [0.1, 0.15) is 11.4 Å². The average molecular weight is 344 g/mol. The van der Waals surface area contributed by atoms with E-state index >= 15 is 0 Å². The van der Waals surface area contributed by atoms with Gasteiger partial charge >= 0.3 is 6.09 Å². The molecule has 0 spiro atoms. The van der Waals surface area contributed by atoms with Crippen LogP contribution in [0.4, 0.5) is 9.18 Å². The Balaban J connectivity index is 2.18. The number of hydrogen-bond acceptors (Lipinski definition) is 2. The van der Waals surface area contributed by atoms with E-state index in [1.807, 2.05) is 26.8 Å². The van der Waals surface area contributed by atoms with Crippen LogP contribution in [0.2, 0.25) is 0 Å². The van der Waals surface area contributed by atoms with Crippen LogP contribution in [0.5, 0.6) is 0 Å². The number of benzene rings is 1. The Hall–Kier alpha value is -1.10. The van der Waals surface area contributed by atoms with Crippen LogP contribution < -0.4 is 0 Å². The molecule has 5 heteroatoms. The molecule has 1 amide bonds. The second kappa shape index (κ2) is 5.72. The van der Waals surface area contributed by atoms with E-state index in [-0.39, 0.29) is 18.0 Å². The Bertz CT molecular complexity index is 513. The highest BCUT2D eigenvalue weighted by Crippen LogP contribution is 2.34. The summed E-state index contributed by atoms with van der Waals surface area (Å²) in [4.78, 5) is 13.9. The first-order valence-electron chi connectivity index (χ1n) is 6.72.